The molecule has 0 aliphatic carbocycles. The smallest absolute Gasteiger partial charge is 0.326 e. The molecule has 0 radical (unpaired) electrons. The van der Waals surface area contributed by atoms with E-state index < -0.39 is 11.8 Å². The number of benzene rings is 1. The van der Waals surface area contributed by atoms with Crippen molar-refractivity contribution in [3.05, 3.63) is 47.5 Å². The fraction of sp³-hybridized carbons (Fsp3) is 0.316. The van der Waals surface area contributed by atoms with Crippen LogP contribution in [0.1, 0.15) is 18.3 Å². The van der Waals surface area contributed by atoms with Gasteiger partial charge in [-0.3, -0.25) is 14.0 Å². The van der Waals surface area contributed by atoms with Crippen molar-refractivity contribution in [1.82, 2.24) is 19.6 Å². The maximum Gasteiger partial charge on any atom is 0.326 e. The molecule has 2 aromatic heterocycles. The molecule has 8 nitrogen and oxygen atoms in total. The minimum atomic E-state index is -0.543. The first kappa shape index (κ1) is 20.7. The van der Waals surface area contributed by atoms with Gasteiger partial charge < -0.3 is 9.64 Å². The number of halogens is 1. The summed E-state index contributed by atoms with van der Waals surface area (Å²) in [6.45, 7) is 5.40. The lowest BCUT2D eigenvalue weighted by Gasteiger charge is -2.21. The first-order valence-electron chi connectivity index (χ1n) is 8.92. The second kappa shape index (κ2) is 8.99. The molecule has 0 spiro atoms. The number of aryl methyl sites for hydroxylation is 2. The number of hydrogen-bond donors (Lipinski definition) is 0. The molecule has 3 aromatic rings. The molecule has 0 fully saturated rings. The largest absolute Gasteiger partial charge is 0.465 e. The van der Waals surface area contributed by atoms with Gasteiger partial charge in [-0.05, 0) is 51.1 Å². The summed E-state index contributed by atoms with van der Waals surface area (Å²) in [6.07, 6.45) is 0. The minimum absolute atomic E-state index is 0.00485. The normalized spacial score (nSPS) is 10.9. The van der Waals surface area contributed by atoms with E-state index in [4.69, 9.17) is 4.74 Å². The lowest BCUT2D eigenvalue weighted by atomic mass is 10.2. The minimum Gasteiger partial charge on any atom is -0.465 e. The van der Waals surface area contributed by atoms with E-state index in [1.54, 1.807) is 11.3 Å². The van der Waals surface area contributed by atoms with Crippen molar-refractivity contribution in [3.8, 4) is 0 Å². The quantitative estimate of drug-likeness (QED) is 0.431. The molecule has 0 unspecified atom stereocenters. The summed E-state index contributed by atoms with van der Waals surface area (Å²) in [6, 6.07) is 7.25. The van der Waals surface area contributed by atoms with Crippen molar-refractivity contribution >= 4 is 35.1 Å². The van der Waals surface area contributed by atoms with E-state index in [-0.39, 0.29) is 24.8 Å². The second-order valence-corrected chi connectivity index (χ2v) is 7.15. The fourth-order valence-corrected chi connectivity index (χ4v) is 3.64. The molecule has 0 bridgehead atoms. The Balaban J connectivity index is 1.79. The summed E-state index contributed by atoms with van der Waals surface area (Å²) in [4.78, 5) is 30.4. The predicted molar refractivity (Wildman–Crippen MR) is 106 cm³/mol. The van der Waals surface area contributed by atoms with Crippen LogP contribution < -0.4 is 4.90 Å². The molecular formula is C19H20FN5O3S. The number of anilines is 1. The summed E-state index contributed by atoms with van der Waals surface area (Å²) < 4.78 is 20.0. The topological polar surface area (TPSA) is 89.7 Å². The van der Waals surface area contributed by atoms with E-state index in [0.29, 0.717) is 16.6 Å². The van der Waals surface area contributed by atoms with Gasteiger partial charge in [-0.2, -0.15) is 0 Å². The molecule has 0 aliphatic heterocycles. The number of rotatable bonds is 7. The highest BCUT2D eigenvalue weighted by Crippen LogP contribution is 2.21. The number of esters is 1. The summed E-state index contributed by atoms with van der Waals surface area (Å²) in [5.74, 6) is -0.854. The van der Waals surface area contributed by atoms with Gasteiger partial charge in [0.2, 0.25) is 5.91 Å². The first-order chi connectivity index (χ1) is 13.9. The van der Waals surface area contributed by atoms with Crippen LogP contribution in [0.5, 0.6) is 0 Å². The number of carbonyl (C=O) groups is 2. The third-order valence-corrected chi connectivity index (χ3v) is 4.93. The van der Waals surface area contributed by atoms with Crippen LogP contribution >= 0.6 is 11.8 Å². The Morgan fingerprint density at radius 3 is 2.62 bits per heavy atom. The second-order valence-electron chi connectivity index (χ2n) is 6.21. The lowest BCUT2D eigenvalue weighted by molar-refractivity contribution is -0.142. The van der Waals surface area contributed by atoms with E-state index in [1.807, 2.05) is 19.9 Å². The maximum absolute atomic E-state index is 13.3. The Labute approximate surface area is 171 Å². The van der Waals surface area contributed by atoms with Crippen LogP contribution in [-0.4, -0.2) is 50.4 Å². The number of aromatic nitrogens is 4. The Morgan fingerprint density at radius 1 is 1.21 bits per heavy atom. The van der Waals surface area contributed by atoms with Gasteiger partial charge in [-0.1, -0.05) is 11.8 Å². The molecule has 1 amide bonds. The molecular weight excluding hydrogens is 397 g/mol. The van der Waals surface area contributed by atoms with E-state index in [2.05, 4.69) is 15.2 Å². The van der Waals surface area contributed by atoms with Gasteiger partial charge in [0, 0.05) is 17.1 Å². The number of fused-ring (bicyclic) bond motifs is 1. The van der Waals surface area contributed by atoms with Crippen LogP contribution in [0.3, 0.4) is 0 Å². The van der Waals surface area contributed by atoms with Gasteiger partial charge in [-0.15, -0.1) is 10.2 Å². The van der Waals surface area contributed by atoms with Gasteiger partial charge in [0.05, 0.1) is 12.4 Å². The van der Waals surface area contributed by atoms with Crippen LogP contribution in [0, 0.1) is 19.7 Å². The van der Waals surface area contributed by atoms with Crippen molar-refractivity contribution in [3.63, 3.8) is 0 Å². The fourth-order valence-electron chi connectivity index (χ4n) is 2.78. The van der Waals surface area contributed by atoms with E-state index in [1.165, 1.54) is 40.9 Å². The summed E-state index contributed by atoms with van der Waals surface area (Å²) in [5.41, 5.74) is 2.13. The third-order valence-electron chi connectivity index (χ3n) is 4.02. The highest BCUT2D eigenvalue weighted by Gasteiger charge is 2.21. The van der Waals surface area contributed by atoms with Crippen LogP contribution in [-0.2, 0) is 14.3 Å². The monoisotopic (exact) mass is 417 g/mol. The molecule has 10 heteroatoms. The molecule has 0 saturated carbocycles. The summed E-state index contributed by atoms with van der Waals surface area (Å²) >= 11 is 1.18. The molecule has 0 aliphatic rings. The SMILES string of the molecule is CCOC(=O)CN(C(=O)CSc1nnc2nc(C)cc(C)n12)c1ccc(F)cc1. The number of nitrogens with zero attached hydrogens (tertiary/aromatic N) is 5. The van der Waals surface area contributed by atoms with Gasteiger partial charge in [0.25, 0.3) is 5.78 Å². The van der Waals surface area contributed by atoms with E-state index >= 15 is 0 Å². The Hall–Kier alpha value is -3.01. The van der Waals surface area contributed by atoms with Crippen LogP contribution in [0.15, 0.2) is 35.5 Å². The van der Waals surface area contributed by atoms with Crippen LogP contribution in [0.4, 0.5) is 10.1 Å². The van der Waals surface area contributed by atoms with Crippen molar-refractivity contribution in [1.29, 1.82) is 0 Å². The van der Waals surface area contributed by atoms with E-state index in [9.17, 15) is 14.0 Å². The van der Waals surface area contributed by atoms with E-state index in [0.717, 1.165) is 11.4 Å². The highest BCUT2D eigenvalue weighted by molar-refractivity contribution is 7.99. The average molecular weight is 417 g/mol. The number of thioether (sulfide) groups is 1. The average Bonchev–Trinajstić information content (AvgIpc) is 3.08. The van der Waals surface area contributed by atoms with Gasteiger partial charge in [0.15, 0.2) is 5.16 Å². The summed E-state index contributed by atoms with van der Waals surface area (Å²) in [5, 5.41) is 8.67. The lowest BCUT2D eigenvalue weighted by Crippen LogP contribution is -2.37. The molecule has 1 aromatic carbocycles. The first-order valence-corrected chi connectivity index (χ1v) is 9.91. The van der Waals surface area contributed by atoms with Crippen molar-refractivity contribution in [2.75, 3.05) is 23.8 Å². The zero-order chi connectivity index (χ0) is 21.0. The Kier molecular flexibility index (Phi) is 6.42. The third kappa shape index (κ3) is 4.89. The number of ether oxygens (including phenoxy) is 1. The molecule has 2 heterocycles. The zero-order valence-corrected chi connectivity index (χ0v) is 17.1. The zero-order valence-electron chi connectivity index (χ0n) is 16.3. The van der Waals surface area contributed by atoms with Crippen molar-refractivity contribution in [2.45, 2.75) is 25.9 Å². The molecule has 0 N–H and O–H groups in total. The molecule has 0 atom stereocenters. The number of hydrogen-bond acceptors (Lipinski definition) is 7. The van der Waals surface area contributed by atoms with Gasteiger partial charge in [-0.25, -0.2) is 9.37 Å². The van der Waals surface area contributed by atoms with Gasteiger partial charge in [0.1, 0.15) is 12.4 Å². The predicted octanol–water partition coefficient (Wildman–Crippen LogP) is 2.57. The summed E-state index contributed by atoms with van der Waals surface area (Å²) in [7, 11) is 0. The Morgan fingerprint density at radius 2 is 1.93 bits per heavy atom. The van der Waals surface area contributed by atoms with Gasteiger partial charge >= 0.3 is 5.97 Å². The maximum atomic E-state index is 13.3. The number of amides is 1. The highest BCUT2D eigenvalue weighted by atomic mass is 32.2. The van der Waals surface area contributed by atoms with Crippen LogP contribution in [0.25, 0.3) is 5.78 Å². The number of carbonyl (C=O) groups excluding carboxylic acids is 2. The van der Waals surface area contributed by atoms with Crippen LogP contribution in [0.2, 0.25) is 0 Å². The molecule has 0 saturated heterocycles. The van der Waals surface area contributed by atoms with Crippen molar-refractivity contribution in [2.24, 2.45) is 0 Å². The Bertz CT molecular complexity index is 1040. The van der Waals surface area contributed by atoms with Crippen molar-refractivity contribution < 1.29 is 18.7 Å². The molecule has 29 heavy (non-hydrogen) atoms. The standard InChI is InChI=1S/C19H20FN5O3S/c1-4-28-17(27)10-24(15-7-5-14(20)6-8-15)16(26)11-29-19-23-22-18-21-12(2)9-13(3)25(18)19/h5-9H,4,10-11H2,1-3H3. The molecule has 152 valence electrons. The molecule has 3 rings (SSSR count).